The molecule has 0 aromatic heterocycles. The summed E-state index contributed by atoms with van der Waals surface area (Å²) in [4.78, 5) is 35.7. The van der Waals surface area contributed by atoms with Gasteiger partial charge >= 0.3 is 0 Å². The van der Waals surface area contributed by atoms with Crippen molar-refractivity contribution < 1.29 is 23.9 Å². The molecule has 0 heterocycles. The second-order valence-electron chi connectivity index (χ2n) is 5.90. The summed E-state index contributed by atoms with van der Waals surface area (Å²) in [7, 11) is 4.42. The minimum Gasteiger partial charge on any atom is -0.494 e. The van der Waals surface area contributed by atoms with Crippen LogP contribution in [-0.2, 0) is 9.59 Å². The summed E-state index contributed by atoms with van der Waals surface area (Å²) < 4.78 is 10.7. The summed E-state index contributed by atoms with van der Waals surface area (Å²) in [5.41, 5.74) is 1.26. The molecule has 0 radical (unpaired) electrons. The highest BCUT2D eigenvalue weighted by Gasteiger charge is 2.16. The van der Waals surface area contributed by atoms with Gasteiger partial charge in [-0.3, -0.25) is 19.7 Å². The number of hydrogen-bond acceptors (Lipinski definition) is 6. The van der Waals surface area contributed by atoms with E-state index < -0.39 is 0 Å². The lowest BCUT2D eigenvalue weighted by Crippen LogP contribution is -2.36. The third kappa shape index (κ3) is 6.22. The van der Waals surface area contributed by atoms with Crippen molar-refractivity contribution in [3.8, 4) is 11.5 Å². The van der Waals surface area contributed by atoms with Crippen molar-refractivity contribution in [1.82, 2.24) is 10.6 Å². The van der Waals surface area contributed by atoms with Gasteiger partial charge in [0.25, 0.3) is 5.91 Å². The molecule has 4 N–H and O–H groups in total. The topological polar surface area (TPSA) is 118 Å². The van der Waals surface area contributed by atoms with Crippen LogP contribution < -0.4 is 30.7 Å². The van der Waals surface area contributed by atoms with E-state index >= 15 is 0 Å². The lowest BCUT2D eigenvalue weighted by atomic mass is 10.2. The van der Waals surface area contributed by atoms with Crippen LogP contribution in [0.15, 0.2) is 42.5 Å². The van der Waals surface area contributed by atoms with Crippen LogP contribution in [0, 0.1) is 0 Å². The minimum atomic E-state index is -0.365. The van der Waals surface area contributed by atoms with E-state index in [1.807, 2.05) is 6.07 Å². The maximum Gasteiger partial charge on any atom is 0.255 e. The monoisotopic (exact) mass is 400 g/mol. The van der Waals surface area contributed by atoms with Crippen molar-refractivity contribution >= 4 is 29.1 Å². The van der Waals surface area contributed by atoms with Crippen molar-refractivity contribution in [3.05, 3.63) is 48.0 Å². The van der Waals surface area contributed by atoms with Gasteiger partial charge in [0.05, 0.1) is 38.7 Å². The van der Waals surface area contributed by atoms with E-state index in [0.717, 1.165) is 0 Å². The molecule has 0 saturated carbocycles. The number of anilines is 2. The van der Waals surface area contributed by atoms with Gasteiger partial charge in [0, 0.05) is 24.7 Å². The number of carbonyl (C=O) groups excluding carboxylic acids is 3. The number of benzene rings is 2. The van der Waals surface area contributed by atoms with Crippen molar-refractivity contribution in [1.29, 1.82) is 0 Å². The van der Waals surface area contributed by atoms with E-state index in [9.17, 15) is 14.4 Å². The van der Waals surface area contributed by atoms with Crippen molar-refractivity contribution in [3.63, 3.8) is 0 Å². The molecule has 154 valence electrons. The number of methoxy groups -OCH3 is 2. The molecule has 2 aromatic carbocycles. The predicted molar refractivity (Wildman–Crippen MR) is 110 cm³/mol. The van der Waals surface area contributed by atoms with Crippen LogP contribution >= 0.6 is 0 Å². The third-order valence-corrected chi connectivity index (χ3v) is 3.93. The number of nitrogens with one attached hydrogen (secondary N) is 4. The molecule has 0 atom stereocenters. The van der Waals surface area contributed by atoms with Gasteiger partial charge in [0.2, 0.25) is 11.8 Å². The molecule has 0 aliphatic carbocycles. The molecule has 0 spiro atoms. The van der Waals surface area contributed by atoms with E-state index in [1.54, 1.807) is 36.4 Å². The van der Waals surface area contributed by atoms with Crippen molar-refractivity contribution in [2.45, 2.75) is 0 Å². The highest BCUT2D eigenvalue weighted by Crippen LogP contribution is 2.36. The Morgan fingerprint density at radius 2 is 1.38 bits per heavy atom. The average molecular weight is 400 g/mol. The molecule has 3 amide bonds. The molecule has 0 aliphatic rings. The van der Waals surface area contributed by atoms with Crippen LogP contribution in [0.2, 0.25) is 0 Å². The van der Waals surface area contributed by atoms with Gasteiger partial charge in [-0.1, -0.05) is 18.2 Å². The lowest BCUT2D eigenvalue weighted by Gasteiger charge is -2.16. The predicted octanol–water partition coefficient (Wildman–Crippen LogP) is 1.23. The summed E-state index contributed by atoms with van der Waals surface area (Å²) >= 11 is 0. The van der Waals surface area contributed by atoms with Crippen LogP contribution in [0.4, 0.5) is 11.4 Å². The van der Waals surface area contributed by atoms with Gasteiger partial charge in [-0.15, -0.1) is 0 Å². The van der Waals surface area contributed by atoms with Gasteiger partial charge in [-0.2, -0.15) is 0 Å². The van der Waals surface area contributed by atoms with Crippen LogP contribution in [0.1, 0.15) is 10.4 Å². The van der Waals surface area contributed by atoms with Crippen molar-refractivity contribution in [2.75, 3.05) is 45.0 Å². The second kappa shape index (κ2) is 10.7. The summed E-state index contributed by atoms with van der Waals surface area (Å²) in [6.45, 7) is -0.0415. The average Bonchev–Trinajstić information content (AvgIpc) is 2.74. The fraction of sp³-hybridized carbons (Fsp3) is 0.250. The molecular formula is C20H24N4O5. The fourth-order valence-electron chi connectivity index (χ4n) is 2.45. The number of carbonyl (C=O) groups is 3. The highest BCUT2D eigenvalue weighted by molar-refractivity contribution is 6.05. The zero-order chi connectivity index (χ0) is 21.2. The summed E-state index contributed by atoms with van der Waals surface area (Å²) in [6, 6.07) is 11.9. The zero-order valence-electron chi connectivity index (χ0n) is 16.5. The molecule has 0 fully saturated rings. The zero-order valence-corrected chi connectivity index (χ0v) is 16.5. The maximum atomic E-state index is 12.4. The van der Waals surface area contributed by atoms with Gasteiger partial charge in [0.1, 0.15) is 11.5 Å². The molecule has 0 saturated heterocycles. The summed E-state index contributed by atoms with van der Waals surface area (Å²) in [5, 5.41) is 10.6. The first-order valence-corrected chi connectivity index (χ1v) is 8.82. The molecule has 2 rings (SSSR count). The normalized spacial score (nSPS) is 10.0. The first-order chi connectivity index (χ1) is 14.0. The number of hydrogen-bond donors (Lipinski definition) is 4. The van der Waals surface area contributed by atoms with Gasteiger partial charge in [-0.25, -0.2) is 0 Å². The van der Waals surface area contributed by atoms with Gasteiger partial charge in [-0.05, 0) is 12.1 Å². The molecule has 9 nitrogen and oxygen atoms in total. The van der Waals surface area contributed by atoms with E-state index in [1.165, 1.54) is 21.3 Å². The smallest absolute Gasteiger partial charge is 0.255 e. The van der Waals surface area contributed by atoms with Crippen molar-refractivity contribution in [2.24, 2.45) is 0 Å². The molecule has 2 aromatic rings. The van der Waals surface area contributed by atoms with Crippen LogP contribution in [0.3, 0.4) is 0 Å². The Morgan fingerprint density at radius 3 is 1.93 bits per heavy atom. The number of amides is 3. The Hall–Kier alpha value is -3.59. The lowest BCUT2D eigenvalue weighted by molar-refractivity contribution is -0.120. The highest BCUT2D eigenvalue weighted by atomic mass is 16.5. The van der Waals surface area contributed by atoms with Crippen LogP contribution in [0.25, 0.3) is 0 Å². The van der Waals surface area contributed by atoms with E-state index in [2.05, 4.69) is 21.3 Å². The number of likely N-dealkylation sites (N-methyl/N-ethyl adjacent to an activating group) is 1. The maximum absolute atomic E-state index is 12.4. The van der Waals surface area contributed by atoms with E-state index in [4.69, 9.17) is 9.47 Å². The second-order valence-corrected chi connectivity index (χ2v) is 5.90. The van der Waals surface area contributed by atoms with E-state index in [-0.39, 0.29) is 30.8 Å². The third-order valence-electron chi connectivity index (χ3n) is 3.93. The SMILES string of the molecule is CNC(=O)CNCC(=O)Nc1cc(OC)c(NC(=O)c2ccccc2)cc1OC. The molecule has 0 unspecified atom stereocenters. The first kappa shape index (κ1) is 21.7. The Labute approximate surface area is 168 Å². The Balaban J connectivity index is 2.13. The molecule has 29 heavy (non-hydrogen) atoms. The first-order valence-electron chi connectivity index (χ1n) is 8.82. The Bertz CT molecular complexity index is 871. The molecule has 0 bridgehead atoms. The van der Waals surface area contributed by atoms with Gasteiger partial charge in [0.15, 0.2) is 0 Å². The molecule has 0 aliphatic heterocycles. The standard InChI is InChI=1S/C20H24N4O5/c1-21-18(25)11-22-12-19(26)23-14-9-17(29-3)15(10-16(14)28-2)24-20(27)13-7-5-4-6-8-13/h4-10,22H,11-12H2,1-3H3,(H,21,25)(H,23,26)(H,24,27). The number of ether oxygens (including phenoxy) is 2. The quantitative estimate of drug-likeness (QED) is 0.503. The Kier molecular flexibility index (Phi) is 7.99. The molecular weight excluding hydrogens is 376 g/mol. The minimum absolute atomic E-state index is 0.0227. The van der Waals surface area contributed by atoms with Crippen LogP contribution in [0.5, 0.6) is 11.5 Å². The Morgan fingerprint density at radius 1 is 0.828 bits per heavy atom. The van der Waals surface area contributed by atoms with Crippen LogP contribution in [-0.4, -0.2) is 52.1 Å². The number of rotatable bonds is 9. The van der Waals surface area contributed by atoms with E-state index in [0.29, 0.717) is 28.4 Å². The fourth-order valence-corrected chi connectivity index (χ4v) is 2.45. The largest absolute Gasteiger partial charge is 0.494 e. The summed E-state index contributed by atoms with van der Waals surface area (Å²) in [5.74, 6) is -0.204. The van der Waals surface area contributed by atoms with Gasteiger partial charge < -0.3 is 25.4 Å². The molecule has 9 heteroatoms. The summed E-state index contributed by atoms with van der Waals surface area (Å²) in [6.07, 6.45) is 0.